The second kappa shape index (κ2) is 40.2. The minimum Gasteiger partial charge on any atom is -0.462 e. The van der Waals surface area contributed by atoms with Gasteiger partial charge < -0.3 is 39.4 Å². The zero-order valence-corrected chi connectivity index (χ0v) is 37.4. The Morgan fingerprint density at radius 1 is 0.533 bits per heavy atom. The number of ether oxygens (including phenoxy) is 4. The fourth-order valence-electron chi connectivity index (χ4n) is 6.74. The first-order chi connectivity index (χ1) is 29.3. The molecule has 1 aliphatic rings. The summed E-state index contributed by atoms with van der Waals surface area (Å²) in [4.78, 5) is 25.3. The Morgan fingerprint density at radius 2 is 1.02 bits per heavy atom. The van der Waals surface area contributed by atoms with Crippen LogP contribution >= 0.6 is 0 Å². The molecule has 4 N–H and O–H groups in total. The van der Waals surface area contributed by atoms with Crippen LogP contribution in [0, 0.1) is 0 Å². The van der Waals surface area contributed by atoms with Crippen molar-refractivity contribution in [2.24, 2.45) is 0 Å². The fraction of sp³-hybridized carbons (Fsp3) is 0.720. The highest BCUT2D eigenvalue weighted by atomic mass is 16.7. The summed E-state index contributed by atoms with van der Waals surface area (Å²) in [7, 11) is 0. The van der Waals surface area contributed by atoms with E-state index in [1.54, 1.807) is 0 Å². The maximum absolute atomic E-state index is 12.7. The van der Waals surface area contributed by atoms with Gasteiger partial charge in [0.2, 0.25) is 0 Å². The number of unbranched alkanes of at least 4 members (excludes halogenated alkanes) is 19. The predicted molar refractivity (Wildman–Crippen MR) is 242 cm³/mol. The number of esters is 2. The third-order valence-corrected chi connectivity index (χ3v) is 10.5. The van der Waals surface area contributed by atoms with Crippen molar-refractivity contribution in [1.82, 2.24) is 0 Å². The Balaban J connectivity index is 2.30. The van der Waals surface area contributed by atoms with E-state index in [4.69, 9.17) is 18.9 Å². The molecule has 0 bridgehead atoms. The van der Waals surface area contributed by atoms with E-state index in [-0.39, 0.29) is 26.1 Å². The minimum atomic E-state index is -1.61. The van der Waals surface area contributed by atoms with E-state index in [2.05, 4.69) is 32.1 Å². The SMILES string of the molecule is CC/C=C/C=C/C=C/C=C/C=C/CCCC(=O)OC(COC(=O)CCCCCCCCC/C=C/CCCCCCCCCCCCC)CO[C@H]1O[C@@H](CO)[C@@H](O)C(O)C1O. The highest BCUT2D eigenvalue weighted by Gasteiger charge is 2.44. The lowest BCUT2D eigenvalue weighted by molar-refractivity contribution is -0.305. The second-order valence-electron chi connectivity index (χ2n) is 15.9. The molecular weight excluding hydrogens is 761 g/mol. The molecule has 1 fully saturated rings. The molecule has 6 atom stereocenters. The Hall–Kier alpha value is -2.86. The second-order valence-corrected chi connectivity index (χ2v) is 15.9. The molecule has 1 rings (SSSR count). The molecule has 0 aliphatic carbocycles. The molecule has 10 heteroatoms. The van der Waals surface area contributed by atoms with Gasteiger partial charge in [0, 0.05) is 12.8 Å². The Labute approximate surface area is 363 Å². The molecule has 0 saturated carbocycles. The molecule has 0 aromatic heterocycles. The Morgan fingerprint density at radius 3 is 1.57 bits per heavy atom. The van der Waals surface area contributed by atoms with Crippen LogP contribution in [0.2, 0.25) is 0 Å². The predicted octanol–water partition coefficient (Wildman–Crippen LogP) is 10.4. The highest BCUT2D eigenvalue weighted by molar-refractivity contribution is 5.70. The normalized spacial score (nSPS) is 20.5. The van der Waals surface area contributed by atoms with Crippen molar-refractivity contribution in [3.63, 3.8) is 0 Å². The van der Waals surface area contributed by atoms with Gasteiger partial charge in [-0.1, -0.05) is 183 Å². The van der Waals surface area contributed by atoms with E-state index >= 15 is 0 Å². The van der Waals surface area contributed by atoms with Crippen LogP contribution in [0.5, 0.6) is 0 Å². The Kier molecular flexibility index (Phi) is 37.0. The fourth-order valence-corrected chi connectivity index (χ4v) is 6.74. The number of aliphatic hydroxyl groups excluding tert-OH is 4. The number of hydrogen-bond donors (Lipinski definition) is 4. The first-order valence-corrected chi connectivity index (χ1v) is 23.6. The highest BCUT2D eigenvalue weighted by Crippen LogP contribution is 2.22. The average molecular weight is 845 g/mol. The van der Waals surface area contributed by atoms with Crippen molar-refractivity contribution < 1.29 is 49.0 Å². The molecule has 0 amide bonds. The smallest absolute Gasteiger partial charge is 0.306 e. The van der Waals surface area contributed by atoms with Gasteiger partial charge in [0.25, 0.3) is 0 Å². The topological polar surface area (TPSA) is 152 Å². The van der Waals surface area contributed by atoms with Gasteiger partial charge in [-0.3, -0.25) is 9.59 Å². The number of aliphatic hydroxyl groups is 4. The molecule has 0 spiro atoms. The van der Waals surface area contributed by atoms with Gasteiger partial charge in [-0.2, -0.15) is 0 Å². The van der Waals surface area contributed by atoms with Crippen LogP contribution in [-0.4, -0.2) is 89.0 Å². The quantitative estimate of drug-likeness (QED) is 0.0205. The van der Waals surface area contributed by atoms with Crippen molar-refractivity contribution in [3.8, 4) is 0 Å². The van der Waals surface area contributed by atoms with E-state index in [0.29, 0.717) is 19.3 Å². The van der Waals surface area contributed by atoms with Crippen molar-refractivity contribution in [2.45, 2.75) is 211 Å². The van der Waals surface area contributed by atoms with Gasteiger partial charge in [0.1, 0.15) is 31.0 Å². The average Bonchev–Trinajstić information content (AvgIpc) is 3.25. The Bertz CT molecular complexity index is 1210. The van der Waals surface area contributed by atoms with E-state index < -0.39 is 55.4 Å². The molecule has 0 aromatic carbocycles. The van der Waals surface area contributed by atoms with Crippen LogP contribution in [0.4, 0.5) is 0 Å². The van der Waals surface area contributed by atoms with Crippen molar-refractivity contribution >= 4 is 11.9 Å². The molecule has 3 unspecified atom stereocenters. The third kappa shape index (κ3) is 31.1. The van der Waals surface area contributed by atoms with E-state index in [1.807, 2.05) is 54.7 Å². The number of carbonyl (C=O) groups excluding carboxylic acids is 2. The third-order valence-electron chi connectivity index (χ3n) is 10.5. The summed E-state index contributed by atoms with van der Waals surface area (Å²) in [6.07, 6.45) is 43.6. The van der Waals surface area contributed by atoms with Gasteiger partial charge in [-0.15, -0.1) is 0 Å². The van der Waals surface area contributed by atoms with Crippen molar-refractivity contribution in [3.05, 3.63) is 72.9 Å². The largest absolute Gasteiger partial charge is 0.462 e. The molecule has 10 nitrogen and oxygen atoms in total. The van der Waals surface area contributed by atoms with Gasteiger partial charge in [0.15, 0.2) is 12.4 Å². The lowest BCUT2D eigenvalue weighted by atomic mass is 9.99. The van der Waals surface area contributed by atoms with E-state index in [9.17, 15) is 30.0 Å². The first-order valence-electron chi connectivity index (χ1n) is 23.6. The van der Waals surface area contributed by atoms with Crippen LogP contribution in [0.15, 0.2) is 72.9 Å². The number of hydrogen-bond acceptors (Lipinski definition) is 10. The molecule has 1 saturated heterocycles. The summed E-state index contributed by atoms with van der Waals surface area (Å²) in [5.41, 5.74) is 0. The van der Waals surface area contributed by atoms with Gasteiger partial charge in [-0.25, -0.2) is 0 Å². The number of allylic oxidation sites excluding steroid dienone is 12. The van der Waals surface area contributed by atoms with Crippen LogP contribution in [0.1, 0.15) is 174 Å². The molecule has 0 aromatic rings. The van der Waals surface area contributed by atoms with E-state index in [1.165, 1.54) is 96.3 Å². The maximum atomic E-state index is 12.7. The summed E-state index contributed by atoms with van der Waals surface area (Å²) in [6.45, 7) is 3.20. The molecule has 1 aliphatic heterocycles. The summed E-state index contributed by atoms with van der Waals surface area (Å²) in [5, 5.41) is 40.1. The molecule has 0 radical (unpaired) electrons. The van der Waals surface area contributed by atoms with Crippen molar-refractivity contribution in [1.29, 1.82) is 0 Å². The standard InChI is InChI=1S/C50H84O10/c1-3-5-7-9-11-13-15-17-18-19-20-21-22-23-24-25-27-28-30-32-34-36-38-45(52)57-41-43(42-58-50-49(56)48(55)47(54)44(40-51)60-50)59-46(53)39-37-35-33-31-29-26-16-14-12-10-8-6-4-2/h6,8,10,12,14,16,22-23,26,29,31,33,43-44,47-51,54-56H,3-5,7,9,11,13,15,17-21,24-25,27-28,30,32,34-42H2,1-2H3/b8-6+,12-10+,16-14+,23-22+,29-26+,33-31+/t43?,44-,47+,48?,49?,50-/m0/s1. The van der Waals surface area contributed by atoms with Crippen LogP contribution in [-0.2, 0) is 28.5 Å². The minimum absolute atomic E-state index is 0.130. The lowest BCUT2D eigenvalue weighted by Crippen LogP contribution is -2.59. The summed E-state index contributed by atoms with van der Waals surface area (Å²) < 4.78 is 22.1. The molecular formula is C50H84O10. The van der Waals surface area contributed by atoms with Gasteiger partial charge >= 0.3 is 11.9 Å². The number of rotatable bonds is 38. The molecule has 60 heavy (non-hydrogen) atoms. The maximum Gasteiger partial charge on any atom is 0.306 e. The summed E-state index contributed by atoms with van der Waals surface area (Å²) in [6, 6.07) is 0. The van der Waals surface area contributed by atoms with Crippen LogP contribution in [0.3, 0.4) is 0 Å². The first kappa shape index (κ1) is 55.2. The van der Waals surface area contributed by atoms with Crippen LogP contribution < -0.4 is 0 Å². The van der Waals surface area contributed by atoms with Crippen molar-refractivity contribution in [2.75, 3.05) is 19.8 Å². The molecule has 344 valence electrons. The zero-order chi connectivity index (χ0) is 43.7. The van der Waals surface area contributed by atoms with E-state index in [0.717, 1.165) is 32.1 Å². The van der Waals surface area contributed by atoms with Gasteiger partial charge in [-0.05, 0) is 51.4 Å². The summed E-state index contributed by atoms with van der Waals surface area (Å²) in [5.74, 6) is -0.902. The summed E-state index contributed by atoms with van der Waals surface area (Å²) >= 11 is 0. The van der Waals surface area contributed by atoms with Crippen LogP contribution in [0.25, 0.3) is 0 Å². The molecule has 1 heterocycles. The zero-order valence-electron chi connectivity index (χ0n) is 37.4. The number of carbonyl (C=O) groups is 2. The van der Waals surface area contributed by atoms with Gasteiger partial charge in [0.05, 0.1) is 13.2 Å². The monoisotopic (exact) mass is 845 g/mol. The lowest BCUT2D eigenvalue weighted by Gasteiger charge is -2.39.